The third kappa shape index (κ3) is 4.19. The molecule has 1 N–H and O–H groups in total. The summed E-state index contributed by atoms with van der Waals surface area (Å²) in [5, 5.41) is 2.81. The van der Waals surface area contributed by atoms with E-state index in [1.807, 2.05) is 0 Å². The van der Waals surface area contributed by atoms with Gasteiger partial charge in [0.25, 0.3) is 0 Å². The maximum atomic E-state index is 12.0. The van der Waals surface area contributed by atoms with E-state index < -0.39 is 24.2 Å². The highest BCUT2D eigenvalue weighted by atomic mass is 19.4. The molecule has 2 aliphatic rings. The highest BCUT2D eigenvalue weighted by molar-refractivity contribution is 5.90. The summed E-state index contributed by atoms with van der Waals surface area (Å²) in [4.78, 5) is 22.1. The molecule has 0 aromatic heterocycles. The Kier molecular flexibility index (Phi) is 4.13. The summed E-state index contributed by atoms with van der Waals surface area (Å²) < 4.78 is 39.8. The van der Waals surface area contributed by atoms with Gasteiger partial charge in [-0.25, -0.2) is 9.59 Å². The van der Waals surface area contributed by atoms with Crippen LogP contribution in [0.25, 0.3) is 0 Å². The topological polar surface area (TPSA) is 55.4 Å². The number of nitrogens with one attached hydrogen (secondary N) is 1. The number of ether oxygens (including phenoxy) is 1. The molecule has 2 unspecified atom stereocenters. The van der Waals surface area contributed by atoms with Crippen molar-refractivity contribution in [2.75, 3.05) is 6.54 Å². The zero-order chi connectivity index (χ0) is 14.0. The van der Waals surface area contributed by atoms with Crippen LogP contribution in [0.2, 0.25) is 0 Å². The number of carbonyl (C=O) groups is 2. The maximum absolute atomic E-state index is 12.0. The molecule has 0 aromatic rings. The molecule has 2 rings (SSSR count). The van der Waals surface area contributed by atoms with Crippen LogP contribution >= 0.6 is 0 Å². The molecule has 1 aliphatic carbocycles. The first kappa shape index (κ1) is 14.3. The normalized spacial score (nSPS) is 27.9. The average Bonchev–Trinajstić information content (AvgIpc) is 3.12. The predicted molar refractivity (Wildman–Crippen MR) is 59.0 cm³/mol. The van der Waals surface area contributed by atoms with E-state index in [0.29, 0.717) is 24.8 Å². The zero-order valence-corrected chi connectivity index (χ0v) is 10.3. The quantitative estimate of drug-likeness (QED) is 0.632. The van der Waals surface area contributed by atoms with Gasteiger partial charge in [0, 0.05) is 0 Å². The largest absolute Gasteiger partial charge is 0.491 e. The lowest BCUT2D eigenvalue weighted by Gasteiger charge is -2.28. The van der Waals surface area contributed by atoms with E-state index in [4.69, 9.17) is 0 Å². The van der Waals surface area contributed by atoms with Crippen LogP contribution in [0.3, 0.4) is 0 Å². The molecule has 0 amide bonds. The highest BCUT2D eigenvalue weighted by Crippen LogP contribution is 2.38. The second-order valence-electron chi connectivity index (χ2n) is 5.28. The number of rotatable bonds is 3. The van der Waals surface area contributed by atoms with Gasteiger partial charge in [-0.3, -0.25) is 0 Å². The minimum absolute atomic E-state index is 0.326. The Bertz CT molecular complexity index is 366. The highest BCUT2D eigenvalue weighted by Gasteiger charge is 2.44. The maximum Gasteiger partial charge on any atom is 0.491 e. The molecule has 4 nitrogen and oxygen atoms in total. The number of hydrogen-bond donors (Lipinski definition) is 1. The lowest BCUT2D eigenvalue weighted by Crippen LogP contribution is -2.46. The first-order valence-electron chi connectivity index (χ1n) is 6.42. The van der Waals surface area contributed by atoms with Crippen LogP contribution in [0.4, 0.5) is 13.2 Å². The van der Waals surface area contributed by atoms with Crippen molar-refractivity contribution < 1.29 is 27.5 Å². The third-order valence-electron chi connectivity index (χ3n) is 3.59. The van der Waals surface area contributed by atoms with E-state index >= 15 is 0 Å². The van der Waals surface area contributed by atoms with Crippen LogP contribution < -0.4 is 5.32 Å². The van der Waals surface area contributed by atoms with E-state index in [9.17, 15) is 22.8 Å². The standard InChI is InChI=1S/C12H16F3NO3/c13-12(14,15)11(18)19-10(17)9-6-8(3-4-16-9)5-7-1-2-7/h7-9,16H,1-6H2. The number of hydrogen-bond acceptors (Lipinski definition) is 4. The lowest BCUT2D eigenvalue weighted by molar-refractivity contribution is -0.202. The van der Waals surface area contributed by atoms with Crippen molar-refractivity contribution in [1.29, 1.82) is 0 Å². The summed E-state index contributed by atoms with van der Waals surface area (Å²) in [6.07, 6.45) is -0.360. The fourth-order valence-corrected chi connectivity index (χ4v) is 2.44. The lowest BCUT2D eigenvalue weighted by atomic mass is 9.88. The number of carbonyl (C=O) groups excluding carboxylic acids is 2. The van der Waals surface area contributed by atoms with E-state index in [2.05, 4.69) is 10.1 Å². The van der Waals surface area contributed by atoms with Gasteiger partial charge >= 0.3 is 18.1 Å². The second kappa shape index (κ2) is 5.48. The molecule has 0 radical (unpaired) electrons. The molecular formula is C12H16F3NO3. The summed E-state index contributed by atoms with van der Waals surface area (Å²) >= 11 is 0. The van der Waals surface area contributed by atoms with Gasteiger partial charge in [0.05, 0.1) is 0 Å². The Balaban J connectivity index is 1.82. The monoisotopic (exact) mass is 279 g/mol. The van der Waals surface area contributed by atoms with Gasteiger partial charge in [0.1, 0.15) is 6.04 Å². The number of alkyl halides is 3. The Morgan fingerprint density at radius 2 is 1.84 bits per heavy atom. The average molecular weight is 279 g/mol. The summed E-state index contributed by atoms with van der Waals surface area (Å²) in [6.45, 7) is 0.567. The van der Waals surface area contributed by atoms with Crippen LogP contribution in [-0.2, 0) is 14.3 Å². The molecule has 2 fully saturated rings. The molecule has 19 heavy (non-hydrogen) atoms. The molecule has 2 atom stereocenters. The fourth-order valence-electron chi connectivity index (χ4n) is 2.44. The minimum Gasteiger partial charge on any atom is -0.385 e. The fraction of sp³-hybridized carbons (Fsp3) is 0.833. The number of piperidine rings is 1. The van der Waals surface area contributed by atoms with Crippen molar-refractivity contribution in [2.24, 2.45) is 11.8 Å². The van der Waals surface area contributed by atoms with Gasteiger partial charge in [-0.1, -0.05) is 12.8 Å². The molecule has 0 aromatic carbocycles. The van der Waals surface area contributed by atoms with E-state index in [0.717, 1.165) is 12.8 Å². The predicted octanol–water partition coefficient (Wildman–Crippen LogP) is 1.79. The molecule has 1 saturated heterocycles. The minimum atomic E-state index is -5.13. The number of halogens is 3. The smallest absolute Gasteiger partial charge is 0.385 e. The van der Waals surface area contributed by atoms with Crippen molar-refractivity contribution in [2.45, 2.75) is 44.3 Å². The SMILES string of the molecule is O=C(OC(=O)C(F)(F)F)C1CC(CC2CC2)CCN1. The van der Waals surface area contributed by atoms with Crippen LogP contribution in [0.5, 0.6) is 0 Å². The zero-order valence-electron chi connectivity index (χ0n) is 10.3. The number of esters is 2. The van der Waals surface area contributed by atoms with Gasteiger partial charge in [-0.2, -0.15) is 13.2 Å². The van der Waals surface area contributed by atoms with E-state index in [-0.39, 0.29) is 0 Å². The molecule has 0 spiro atoms. The van der Waals surface area contributed by atoms with Gasteiger partial charge < -0.3 is 10.1 Å². The van der Waals surface area contributed by atoms with Crippen LogP contribution in [-0.4, -0.2) is 30.7 Å². The van der Waals surface area contributed by atoms with Gasteiger partial charge in [0.15, 0.2) is 0 Å². The molecular weight excluding hydrogens is 263 g/mol. The van der Waals surface area contributed by atoms with Crippen molar-refractivity contribution in [1.82, 2.24) is 5.32 Å². The Labute approximate surface area is 108 Å². The van der Waals surface area contributed by atoms with Crippen molar-refractivity contribution >= 4 is 11.9 Å². The summed E-state index contributed by atoms with van der Waals surface area (Å²) in [6, 6.07) is -0.802. The molecule has 1 saturated carbocycles. The van der Waals surface area contributed by atoms with E-state index in [1.165, 1.54) is 12.8 Å². The van der Waals surface area contributed by atoms with Gasteiger partial charge in [-0.05, 0) is 37.6 Å². The first-order valence-corrected chi connectivity index (χ1v) is 6.42. The van der Waals surface area contributed by atoms with Crippen molar-refractivity contribution in [3.05, 3.63) is 0 Å². The molecule has 7 heteroatoms. The van der Waals surface area contributed by atoms with Crippen LogP contribution in [0, 0.1) is 11.8 Å². The molecule has 0 bridgehead atoms. The Morgan fingerprint density at radius 1 is 1.16 bits per heavy atom. The Morgan fingerprint density at radius 3 is 2.42 bits per heavy atom. The van der Waals surface area contributed by atoms with Crippen molar-refractivity contribution in [3.8, 4) is 0 Å². The summed E-state index contributed by atoms with van der Waals surface area (Å²) in [5.41, 5.74) is 0. The molecule has 1 aliphatic heterocycles. The van der Waals surface area contributed by atoms with Gasteiger partial charge in [-0.15, -0.1) is 0 Å². The molecule has 108 valence electrons. The van der Waals surface area contributed by atoms with Crippen LogP contribution in [0.15, 0.2) is 0 Å². The third-order valence-corrected chi connectivity index (χ3v) is 3.59. The summed E-state index contributed by atoms with van der Waals surface area (Å²) in [7, 11) is 0. The van der Waals surface area contributed by atoms with Crippen molar-refractivity contribution in [3.63, 3.8) is 0 Å². The molecule has 1 heterocycles. The Hall–Kier alpha value is -1.11. The van der Waals surface area contributed by atoms with Gasteiger partial charge in [0.2, 0.25) is 0 Å². The van der Waals surface area contributed by atoms with Crippen LogP contribution in [0.1, 0.15) is 32.1 Å². The first-order chi connectivity index (χ1) is 8.86. The van der Waals surface area contributed by atoms with E-state index in [1.54, 1.807) is 0 Å². The second-order valence-corrected chi connectivity index (χ2v) is 5.28. The summed E-state index contributed by atoms with van der Waals surface area (Å²) in [5.74, 6) is -2.53.